The monoisotopic (exact) mass is 356 g/mol. The van der Waals surface area contributed by atoms with E-state index >= 15 is 0 Å². The summed E-state index contributed by atoms with van der Waals surface area (Å²) in [5.41, 5.74) is 2.05. The van der Waals surface area contributed by atoms with E-state index in [0.717, 1.165) is 44.9 Å². The fourth-order valence-corrected chi connectivity index (χ4v) is 3.13. The molecule has 1 aliphatic rings. The van der Waals surface area contributed by atoms with Crippen LogP contribution in [0.25, 0.3) is 0 Å². The molecule has 5 heteroatoms. The highest BCUT2D eigenvalue weighted by Crippen LogP contribution is 2.14. The summed E-state index contributed by atoms with van der Waals surface area (Å²) >= 11 is 0. The lowest BCUT2D eigenvalue weighted by Gasteiger charge is -2.34. The number of aryl methyl sites for hydroxylation is 1. The molecule has 0 aliphatic carbocycles. The van der Waals surface area contributed by atoms with Crippen LogP contribution in [0.2, 0.25) is 0 Å². The second kappa shape index (κ2) is 8.23. The molecule has 0 bridgehead atoms. The van der Waals surface area contributed by atoms with Crippen molar-refractivity contribution in [3.63, 3.8) is 0 Å². The van der Waals surface area contributed by atoms with Crippen molar-refractivity contribution in [1.82, 2.24) is 9.80 Å². The van der Waals surface area contributed by atoms with E-state index in [-0.39, 0.29) is 0 Å². The fourth-order valence-electron chi connectivity index (χ4n) is 3.13. The van der Waals surface area contributed by atoms with E-state index in [0.29, 0.717) is 0 Å². The predicted octanol–water partition coefficient (Wildman–Crippen LogP) is 3.79. The summed E-state index contributed by atoms with van der Waals surface area (Å²) in [6.45, 7) is 6.28. The second-order valence-corrected chi connectivity index (χ2v) is 6.58. The van der Waals surface area contributed by atoms with Gasteiger partial charge in [-0.1, -0.05) is 35.9 Å². The molecule has 0 saturated carbocycles. The maximum absolute atomic E-state index is 13.6. The smallest absolute Gasteiger partial charge is 0.193 e. The normalized spacial score (nSPS) is 15.6. The maximum atomic E-state index is 13.6. The number of rotatable bonds is 5. The number of ketones is 1. The largest absolute Gasteiger partial charge is 0.375 e. The zero-order chi connectivity index (χ0) is 18.5. The number of halogens is 2. The Kier molecular flexibility index (Phi) is 5.78. The number of hydrogen-bond donors (Lipinski definition) is 0. The lowest BCUT2D eigenvalue weighted by molar-refractivity contribution is 0.103. The van der Waals surface area contributed by atoms with Crippen molar-refractivity contribution in [2.45, 2.75) is 13.5 Å². The van der Waals surface area contributed by atoms with Gasteiger partial charge in [0.1, 0.15) is 11.6 Å². The predicted molar refractivity (Wildman–Crippen MR) is 97.9 cm³/mol. The molecule has 2 aromatic rings. The third-order valence-corrected chi connectivity index (χ3v) is 4.54. The van der Waals surface area contributed by atoms with Gasteiger partial charge in [-0.25, -0.2) is 8.78 Å². The number of hydrogen-bond acceptors (Lipinski definition) is 3. The second-order valence-electron chi connectivity index (χ2n) is 6.58. The molecule has 1 heterocycles. The van der Waals surface area contributed by atoms with Gasteiger partial charge in [-0.05, 0) is 24.6 Å². The van der Waals surface area contributed by atoms with E-state index in [1.807, 2.05) is 4.90 Å². The minimum Gasteiger partial charge on any atom is -0.375 e. The first-order valence-corrected chi connectivity index (χ1v) is 8.71. The summed E-state index contributed by atoms with van der Waals surface area (Å²) in [7, 11) is 0. The highest BCUT2D eigenvalue weighted by molar-refractivity contribution is 6.04. The summed E-state index contributed by atoms with van der Waals surface area (Å²) in [4.78, 5) is 16.4. The summed E-state index contributed by atoms with van der Waals surface area (Å²) < 4.78 is 27.3. The van der Waals surface area contributed by atoms with Gasteiger partial charge >= 0.3 is 0 Å². The van der Waals surface area contributed by atoms with Crippen molar-refractivity contribution in [3.05, 3.63) is 83.1 Å². The molecule has 0 spiro atoms. The molecule has 136 valence electrons. The highest BCUT2D eigenvalue weighted by Gasteiger charge is 2.17. The Morgan fingerprint density at radius 3 is 2.35 bits per heavy atom. The molecular formula is C21H22F2N2O. The molecule has 0 radical (unpaired) electrons. The first-order chi connectivity index (χ1) is 12.5. The van der Waals surface area contributed by atoms with Gasteiger partial charge in [-0.2, -0.15) is 0 Å². The first kappa shape index (κ1) is 18.3. The van der Waals surface area contributed by atoms with Gasteiger partial charge in [0.05, 0.1) is 5.56 Å². The Balaban J connectivity index is 1.53. The van der Waals surface area contributed by atoms with E-state index in [4.69, 9.17) is 0 Å². The van der Waals surface area contributed by atoms with Crippen molar-refractivity contribution < 1.29 is 13.6 Å². The molecule has 0 atom stereocenters. The van der Waals surface area contributed by atoms with Crippen molar-refractivity contribution in [3.8, 4) is 0 Å². The Morgan fingerprint density at radius 2 is 1.69 bits per heavy atom. The molecule has 0 aromatic heterocycles. The summed E-state index contributed by atoms with van der Waals surface area (Å²) in [6.07, 6.45) is 2.88. The first-order valence-electron chi connectivity index (χ1n) is 8.71. The minimum atomic E-state index is -0.831. The molecule has 0 unspecified atom stereocenters. The van der Waals surface area contributed by atoms with Crippen LogP contribution in [0.3, 0.4) is 0 Å². The number of piperazine rings is 1. The van der Waals surface area contributed by atoms with E-state index in [1.54, 1.807) is 6.20 Å². The van der Waals surface area contributed by atoms with E-state index in [1.165, 1.54) is 23.3 Å². The minimum absolute atomic E-state index is 0.498. The summed E-state index contributed by atoms with van der Waals surface area (Å²) in [5.74, 6) is -2.31. The molecule has 3 nitrogen and oxygen atoms in total. The Labute approximate surface area is 152 Å². The number of nitrogens with zero attached hydrogens (tertiary/aromatic N) is 2. The van der Waals surface area contributed by atoms with Crippen molar-refractivity contribution in [2.75, 3.05) is 26.2 Å². The lowest BCUT2D eigenvalue weighted by atomic mass is 10.1. The quantitative estimate of drug-likeness (QED) is 0.602. The van der Waals surface area contributed by atoms with Crippen LogP contribution in [0.15, 0.2) is 54.7 Å². The van der Waals surface area contributed by atoms with Gasteiger partial charge in [0, 0.05) is 45.0 Å². The van der Waals surface area contributed by atoms with Crippen molar-refractivity contribution in [2.24, 2.45) is 0 Å². The van der Waals surface area contributed by atoms with Crippen molar-refractivity contribution >= 4 is 5.78 Å². The standard InChI is InChI=1S/C21H22F2N2O/c1-16-4-2-5-17(14-16)15-25-12-10-24(11-13-25)9-8-20(26)21-18(22)6-3-7-19(21)23/h2-9,14H,10-13,15H2,1H3. The molecule has 1 aliphatic heterocycles. The third kappa shape index (κ3) is 4.55. The molecule has 26 heavy (non-hydrogen) atoms. The molecular weight excluding hydrogens is 334 g/mol. The van der Waals surface area contributed by atoms with Crippen LogP contribution in [0.5, 0.6) is 0 Å². The lowest BCUT2D eigenvalue weighted by Crippen LogP contribution is -2.43. The van der Waals surface area contributed by atoms with Gasteiger partial charge in [-0.15, -0.1) is 0 Å². The molecule has 3 rings (SSSR count). The van der Waals surface area contributed by atoms with Crippen LogP contribution >= 0.6 is 0 Å². The zero-order valence-corrected chi connectivity index (χ0v) is 14.8. The topological polar surface area (TPSA) is 23.6 Å². The Bertz CT molecular complexity index is 791. The molecule has 1 saturated heterocycles. The Morgan fingerprint density at radius 1 is 1.04 bits per heavy atom. The van der Waals surface area contributed by atoms with Gasteiger partial charge < -0.3 is 4.90 Å². The van der Waals surface area contributed by atoms with Crippen LogP contribution in [0.4, 0.5) is 8.78 Å². The number of carbonyl (C=O) groups is 1. The number of benzene rings is 2. The van der Waals surface area contributed by atoms with Crippen LogP contribution in [-0.4, -0.2) is 41.8 Å². The zero-order valence-electron chi connectivity index (χ0n) is 14.8. The highest BCUT2D eigenvalue weighted by atomic mass is 19.1. The molecule has 2 aromatic carbocycles. The van der Waals surface area contributed by atoms with Crippen molar-refractivity contribution in [1.29, 1.82) is 0 Å². The summed E-state index contributed by atoms with van der Waals surface area (Å²) in [5, 5.41) is 0. The van der Waals surface area contributed by atoms with Gasteiger partial charge in [0.15, 0.2) is 5.78 Å². The van der Waals surface area contributed by atoms with E-state index < -0.39 is 23.0 Å². The van der Waals surface area contributed by atoms with Crippen LogP contribution in [0, 0.1) is 18.6 Å². The van der Waals surface area contributed by atoms with Crippen LogP contribution in [-0.2, 0) is 6.54 Å². The molecule has 0 N–H and O–H groups in total. The Hall–Kier alpha value is -2.53. The number of carbonyl (C=O) groups excluding carboxylic acids is 1. The average molecular weight is 356 g/mol. The maximum Gasteiger partial charge on any atom is 0.193 e. The number of allylic oxidation sites excluding steroid dienone is 1. The van der Waals surface area contributed by atoms with Crippen LogP contribution < -0.4 is 0 Å². The molecule has 0 amide bonds. The van der Waals surface area contributed by atoms with Gasteiger partial charge in [-0.3, -0.25) is 9.69 Å². The SMILES string of the molecule is Cc1cccc(CN2CCN(C=CC(=O)c3c(F)cccc3F)CC2)c1. The average Bonchev–Trinajstić information content (AvgIpc) is 2.61. The van der Waals surface area contributed by atoms with E-state index in [9.17, 15) is 13.6 Å². The van der Waals surface area contributed by atoms with Gasteiger partial charge in [0.25, 0.3) is 0 Å². The summed E-state index contributed by atoms with van der Waals surface area (Å²) in [6, 6.07) is 11.9. The third-order valence-electron chi connectivity index (χ3n) is 4.54. The molecule has 1 fully saturated rings. The van der Waals surface area contributed by atoms with Gasteiger partial charge in [0.2, 0.25) is 0 Å². The van der Waals surface area contributed by atoms with Crippen LogP contribution in [0.1, 0.15) is 21.5 Å². The fraction of sp³-hybridized carbons (Fsp3) is 0.286. The van der Waals surface area contributed by atoms with E-state index in [2.05, 4.69) is 36.1 Å².